The van der Waals surface area contributed by atoms with Crippen LogP contribution in [0.1, 0.15) is 25.7 Å². The second kappa shape index (κ2) is 6.28. The number of nitrogens with zero attached hydrogens (tertiary/aromatic N) is 2. The summed E-state index contributed by atoms with van der Waals surface area (Å²) in [6.07, 6.45) is 4.20. The van der Waals surface area contributed by atoms with Crippen molar-refractivity contribution in [3.63, 3.8) is 0 Å². The molecule has 0 spiro atoms. The van der Waals surface area contributed by atoms with Crippen molar-refractivity contribution in [2.75, 3.05) is 17.3 Å². The number of aromatic nitrogens is 2. The predicted molar refractivity (Wildman–Crippen MR) is 68.7 cm³/mol. The zero-order chi connectivity index (χ0) is 13.7. The minimum absolute atomic E-state index is 0.0387. The largest absolute Gasteiger partial charge is 0.367 e. The first-order chi connectivity index (χ1) is 9.19. The fraction of sp³-hybridized carbons (Fsp3) is 0.545. The molecule has 1 saturated carbocycles. The Morgan fingerprint density at radius 3 is 3.00 bits per heavy atom. The number of carbonyl (C=O) groups is 1. The fourth-order valence-corrected chi connectivity index (χ4v) is 1.54. The molecule has 104 valence electrons. The van der Waals surface area contributed by atoms with Gasteiger partial charge in [-0.15, -0.1) is 0 Å². The van der Waals surface area contributed by atoms with Crippen LogP contribution in [0.15, 0.2) is 6.20 Å². The van der Waals surface area contributed by atoms with E-state index in [4.69, 9.17) is 5.84 Å². The summed E-state index contributed by atoms with van der Waals surface area (Å²) in [7, 11) is 0. The van der Waals surface area contributed by atoms with Crippen LogP contribution in [0, 0.1) is 5.82 Å². The van der Waals surface area contributed by atoms with E-state index in [-0.39, 0.29) is 17.7 Å². The standard InChI is InChI=1S/C11H17FN6O/c12-8-6-15-11(18-13)17-10(8)14-5-1-2-9(19)16-7-3-4-7/h6-7H,1-5,13H2,(H,16,19)(H2,14,15,17,18). The van der Waals surface area contributed by atoms with Crippen molar-refractivity contribution in [3.8, 4) is 0 Å². The first kappa shape index (κ1) is 13.5. The van der Waals surface area contributed by atoms with E-state index in [1.165, 1.54) is 0 Å². The monoisotopic (exact) mass is 268 g/mol. The number of hydrogen-bond donors (Lipinski definition) is 4. The number of nitrogens with two attached hydrogens (primary N) is 1. The van der Waals surface area contributed by atoms with E-state index in [0.717, 1.165) is 19.0 Å². The van der Waals surface area contributed by atoms with Crippen molar-refractivity contribution in [1.29, 1.82) is 0 Å². The zero-order valence-electron chi connectivity index (χ0n) is 10.4. The van der Waals surface area contributed by atoms with E-state index < -0.39 is 5.82 Å². The van der Waals surface area contributed by atoms with Crippen molar-refractivity contribution < 1.29 is 9.18 Å². The molecule has 0 saturated heterocycles. The molecule has 0 aromatic carbocycles. The van der Waals surface area contributed by atoms with E-state index in [1.54, 1.807) is 0 Å². The van der Waals surface area contributed by atoms with Crippen molar-refractivity contribution >= 4 is 17.7 Å². The lowest BCUT2D eigenvalue weighted by Gasteiger charge is -2.07. The highest BCUT2D eigenvalue weighted by atomic mass is 19.1. The van der Waals surface area contributed by atoms with Gasteiger partial charge in [0.25, 0.3) is 0 Å². The fourth-order valence-electron chi connectivity index (χ4n) is 1.54. The average Bonchev–Trinajstić information content (AvgIpc) is 3.20. The number of halogens is 1. The van der Waals surface area contributed by atoms with Crippen LogP contribution >= 0.6 is 0 Å². The van der Waals surface area contributed by atoms with Crippen LogP contribution in [0.3, 0.4) is 0 Å². The highest BCUT2D eigenvalue weighted by Gasteiger charge is 2.22. The Morgan fingerprint density at radius 2 is 2.32 bits per heavy atom. The van der Waals surface area contributed by atoms with Gasteiger partial charge < -0.3 is 10.6 Å². The molecular weight excluding hydrogens is 251 g/mol. The van der Waals surface area contributed by atoms with Gasteiger partial charge in [0, 0.05) is 19.0 Å². The summed E-state index contributed by atoms with van der Waals surface area (Å²) in [6.45, 7) is 0.454. The molecular formula is C11H17FN6O. The van der Waals surface area contributed by atoms with Crippen LogP contribution in [0.25, 0.3) is 0 Å². The third-order valence-electron chi connectivity index (χ3n) is 2.69. The molecule has 0 radical (unpaired) electrons. The van der Waals surface area contributed by atoms with Gasteiger partial charge in [-0.2, -0.15) is 4.98 Å². The molecule has 1 amide bonds. The van der Waals surface area contributed by atoms with Gasteiger partial charge in [-0.1, -0.05) is 0 Å². The molecule has 8 heteroatoms. The van der Waals surface area contributed by atoms with Gasteiger partial charge in [0.15, 0.2) is 11.6 Å². The molecule has 0 atom stereocenters. The molecule has 7 nitrogen and oxygen atoms in total. The van der Waals surface area contributed by atoms with E-state index >= 15 is 0 Å². The van der Waals surface area contributed by atoms with E-state index in [1.807, 2.05) is 0 Å². The summed E-state index contributed by atoms with van der Waals surface area (Å²) < 4.78 is 13.3. The van der Waals surface area contributed by atoms with Crippen molar-refractivity contribution in [2.24, 2.45) is 5.84 Å². The van der Waals surface area contributed by atoms with Crippen LogP contribution in [0.4, 0.5) is 16.2 Å². The number of rotatable bonds is 7. The Kier molecular flexibility index (Phi) is 4.45. The molecule has 1 aliphatic rings. The van der Waals surface area contributed by atoms with Crippen LogP contribution in [-0.2, 0) is 4.79 Å². The summed E-state index contributed by atoms with van der Waals surface area (Å²) in [5.41, 5.74) is 2.24. The molecule has 2 rings (SSSR count). The Morgan fingerprint density at radius 1 is 1.53 bits per heavy atom. The number of anilines is 2. The molecule has 19 heavy (non-hydrogen) atoms. The summed E-state index contributed by atoms with van der Waals surface area (Å²) in [5, 5.41) is 5.70. The summed E-state index contributed by atoms with van der Waals surface area (Å²) in [4.78, 5) is 18.9. The summed E-state index contributed by atoms with van der Waals surface area (Å²) in [6, 6.07) is 0.373. The van der Waals surface area contributed by atoms with Gasteiger partial charge in [0.1, 0.15) is 0 Å². The second-order valence-electron chi connectivity index (χ2n) is 4.41. The maximum absolute atomic E-state index is 13.3. The molecule has 1 fully saturated rings. The van der Waals surface area contributed by atoms with Gasteiger partial charge in [0.05, 0.1) is 6.20 Å². The number of hydrazine groups is 1. The first-order valence-electron chi connectivity index (χ1n) is 6.21. The molecule has 1 aromatic heterocycles. The van der Waals surface area contributed by atoms with Crippen molar-refractivity contribution in [3.05, 3.63) is 12.0 Å². The SMILES string of the molecule is NNc1ncc(F)c(NCCCC(=O)NC2CC2)n1. The average molecular weight is 268 g/mol. The molecule has 0 unspecified atom stereocenters. The van der Waals surface area contributed by atoms with Gasteiger partial charge in [-0.3, -0.25) is 10.2 Å². The van der Waals surface area contributed by atoms with Crippen LogP contribution in [-0.4, -0.2) is 28.5 Å². The Balaban J connectivity index is 1.70. The smallest absolute Gasteiger partial charge is 0.239 e. The number of carbonyl (C=O) groups excluding carboxylic acids is 1. The van der Waals surface area contributed by atoms with E-state index in [9.17, 15) is 9.18 Å². The highest BCUT2D eigenvalue weighted by molar-refractivity contribution is 5.76. The number of nitrogen functional groups attached to an aromatic ring is 1. The summed E-state index contributed by atoms with van der Waals surface area (Å²) in [5.74, 6) is 4.83. The Bertz CT molecular complexity index is 451. The Hall–Kier alpha value is -1.96. The lowest BCUT2D eigenvalue weighted by atomic mass is 10.3. The quantitative estimate of drug-likeness (QED) is 0.323. The minimum Gasteiger partial charge on any atom is -0.367 e. The van der Waals surface area contributed by atoms with Gasteiger partial charge in [-0.05, 0) is 19.3 Å². The van der Waals surface area contributed by atoms with E-state index in [0.29, 0.717) is 25.4 Å². The zero-order valence-corrected chi connectivity index (χ0v) is 10.4. The first-order valence-corrected chi connectivity index (χ1v) is 6.21. The molecule has 0 bridgehead atoms. The molecule has 1 aliphatic carbocycles. The lowest BCUT2D eigenvalue weighted by Crippen LogP contribution is -2.25. The van der Waals surface area contributed by atoms with Crippen LogP contribution in [0.2, 0.25) is 0 Å². The van der Waals surface area contributed by atoms with Crippen molar-refractivity contribution in [1.82, 2.24) is 15.3 Å². The third-order valence-corrected chi connectivity index (χ3v) is 2.69. The topological polar surface area (TPSA) is 105 Å². The molecule has 0 aliphatic heterocycles. The number of nitrogens with one attached hydrogen (secondary N) is 3. The van der Waals surface area contributed by atoms with Gasteiger partial charge >= 0.3 is 0 Å². The van der Waals surface area contributed by atoms with Gasteiger partial charge in [-0.25, -0.2) is 15.2 Å². The normalized spacial score (nSPS) is 14.0. The van der Waals surface area contributed by atoms with E-state index in [2.05, 4.69) is 26.0 Å². The van der Waals surface area contributed by atoms with Crippen LogP contribution in [0.5, 0.6) is 0 Å². The third kappa shape index (κ3) is 4.32. The molecule has 1 aromatic rings. The van der Waals surface area contributed by atoms with Crippen LogP contribution < -0.4 is 21.9 Å². The van der Waals surface area contributed by atoms with Crippen molar-refractivity contribution in [2.45, 2.75) is 31.7 Å². The highest BCUT2D eigenvalue weighted by Crippen LogP contribution is 2.18. The maximum Gasteiger partial charge on any atom is 0.239 e. The molecule has 1 heterocycles. The maximum atomic E-state index is 13.3. The number of hydrogen-bond acceptors (Lipinski definition) is 6. The Labute approximate surface area is 110 Å². The predicted octanol–water partition coefficient (Wildman–Crippen LogP) is 0.372. The second-order valence-corrected chi connectivity index (χ2v) is 4.41. The summed E-state index contributed by atoms with van der Waals surface area (Å²) >= 11 is 0. The lowest BCUT2D eigenvalue weighted by molar-refractivity contribution is -0.121. The number of amides is 1. The minimum atomic E-state index is -0.554. The van der Waals surface area contributed by atoms with Gasteiger partial charge in [0.2, 0.25) is 11.9 Å². The molecule has 5 N–H and O–H groups in total.